The topological polar surface area (TPSA) is 77.8 Å². The van der Waals surface area contributed by atoms with Gasteiger partial charge in [-0.25, -0.2) is 0 Å². The lowest BCUT2D eigenvalue weighted by atomic mass is 10.3. The van der Waals surface area contributed by atoms with Gasteiger partial charge in [0.2, 0.25) is 0 Å². The van der Waals surface area contributed by atoms with Crippen LogP contribution in [-0.2, 0) is 4.79 Å². The second-order valence-electron chi connectivity index (χ2n) is 2.27. The van der Waals surface area contributed by atoms with Gasteiger partial charge in [0, 0.05) is 13.3 Å². The Balaban J connectivity index is 0.000000218. The van der Waals surface area contributed by atoms with Crippen LogP contribution in [0.1, 0.15) is 13.3 Å². The first kappa shape index (κ1) is 10.1. The monoisotopic (exact) mass is 160 g/mol. The molecule has 4 nitrogen and oxygen atoms in total. The summed E-state index contributed by atoms with van der Waals surface area (Å²) in [7, 11) is 0. The number of rotatable bonds is 0. The number of aliphatic carboxylic acids is 1. The van der Waals surface area contributed by atoms with E-state index >= 15 is 0 Å². The summed E-state index contributed by atoms with van der Waals surface area (Å²) in [6, 6.07) is 0. The molecule has 0 saturated heterocycles. The highest BCUT2D eigenvalue weighted by atomic mass is 16.4. The highest BCUT2D eigenvalue weighted by Crippen LogP contribution is 2.08. The summed E-state index contributed by atoms with van der Waals surface area (Å²) in [4.78, 5) is 9.00. The zero-order chi connectivity index (χ0) is 8.85. The van der Waals surface area contributed by atoms with Crippen molar-refractivity contribution >= 4 is 5.97 Å². The standard InChI is InChI=1S/C5H8O2.C2H4O2/c6-4-1-2-5(7)3-4;1-2(3)4/h1-2,4-7H,3H2;1H3,(H,3,4)/t4-,5+;. The van der Waals surface area contributed by atoms with Gasteiger partial charge >= 0.3 is 0 Å². The molecule has 4 heteroatoms. The van der Waals surface area contributed by atoms with E-state index in [0.717, 1.165) is 6.92 Å². The SMILES string of the molecule is CC(=O)O.O[C@@H]1C=C[C@H](O)C1. The van der Waals surface area contributed by atoms with Gasteiger partial charge in [-0.15, -0.1) is 0 Å². The van der Waals surface area contributed by atoms with Crippen LogP contribution in [0, 0.1) is 0 Å². The average molecular weight is 160 g/mol. The van der Waals surface area contributed by atoms with Crippen molar-refractivity contribution in [1.29, 1.82) is 0 Å². The number of hydrogen-bond donors (Lipinski definition) is 3. The van der Waals surface area contributed by atoms with Gasteiger partial charge in [-0.2, -0.15) is 0 Å². The highest BCUT2D eigenvalue weighted by molar-refractivity contribution is 5.62. The second-order valence-corrected chi connectivity index (χ2v) is 2.27. The maximum Gasteiger partial charge on any atom is 0.300 e. The molecule has 0 fully saturated rings. The van der Waals surface area contributed by atoms with E-state index in [1.54, 1.807) is 12.2 Å². The number of aliphatic hydroxyl groups excluding tert-OH is 2. The van der Waals surface area contributed by atoms with Crippen molar-refractivity contribution in [2.45, 2.75) is 25.6 Å². The van der Waals surface area contributed by atoms with Crippen molar-refractivity contribution in [3.05, 3.63) is 12.2 Å². The van der Waals surface area contributed by atoms with Crippen LogP contribution in [0.3, 0.4) is 0 Å². The summed E-state index contributed by atoms with van der Waals surface area (Å²) in [5, 5.41) is 24.7. The molecule has 11 heavy (non-hydrogen) atoms. The molecule has 1 aliphatic rings. The molecule has 0 aromatic carbocycles. The predicted molar refractivity (Wildman–Crippen MR) is 39.1 cm³/mol. The summed E-state index contributed by atoms with van der Waals surface area (Å²) in [5.41, 5.74) is 0. The lowest BCUT2D eigenvalue weighted by molar-refractivity contribution is -0.134. The molecule has 1 aliphatic carbocycles. The smallest absolute Gasteiger partial charge is 0.300 e. The van der Waals surface area contributed by atoms with Crippen molar-refractivity contribution in [3.63, 3.8) is 0 Å². The number of hydrogen-bond acceptors (Lipinski definition) is 3. The van der Waals surface area contributed by atoms with Crippen LogP contribution >= 0.6 is 0 Å². The van der Waals surface area contributed by atoms with Gasteiger partial charge in [-0.1, -0.05) is 12.2 Å². The summed E-state index contributed by atoms with van der Waals surface area (Å²) in [6.45, 7) is 1.08. The quantitative estimate of drug-likeness (QED) is 0.427. The average Bonchev–Trinajstić information content (AvgIpc) is 2.13. The van der Waals surface area contributed by atoms with Gasteiger partial charge in [0.1, 0.15) is 0 Å². The molecule has 0 bridgehead atoms. The third kappa shape index (κ3) is 7.02. The van der Waals surface area contributed by atoms with Crippen LogP contribution < -0.4 is 0 Å². The van der Waals surface area contributed by atoms with Crippen molar-refractivity contribution in [2.75, 3.05) is 0 Å². The Morgan fingerprint density at radius 3 is 1.73 bits per heavy atom. The normalized spacial score (nSPS) is 27.5. The van der Waals surface area contributed by atoms with Crippen molar-refractivity contribution < 1.29 is 20.1 Å². The Hall–Kier alpha value is -0.870. The number of aliphatic hydroxyl groups is 2. The summed E-state index contributed by atoms with van der Waals surface area (Å²) < 4.78 is 0. The Bertz CT molecular complexity index is 139. The maximum absolute atomic E-state index is 9.00. The highest BCUT2D eigenvalue weighted by Gasteiger charge is 2.11. The summed E-state index contributed by atoms with van der Waals surface area (Å²) in [5.74, 6) is -0.833. The third-order valence-corrected chi connectivity index (χ3v) is 1.04. The molecule has 3 N–H and O–H groups in total. The van der Waals surface area contributed by atoms with E-state index in [1.807, 2.05) is 0 Å². The lowest BCUT2D eigenvalue weighted by Crippen LogP contribution is -2.04. The van der Waals surface area contributed by atoms with Gasteiger partial charge < -0.3 is 15.3 Å². The van der Waals surface area contributed by atoms with E-state index in [9.17, 15) is 0 Å². The van der Waals surface area contributed by atoms with E-state index in [4.69, 9.17) is 20.1 Å². The first-order valence-corrected chi connectivity index (χ1v) is 3.26. The second kappa shape index (κ2) is 4.87. The van der Waals surface area contributed by atoms with E-state index in [-0.39, 0.29) is 0 Å². The Labute approximate surface area is 64.8 Å². The fourth-order valence-corrected chi connectivity index (χ4v) is 0.661. The molecule has 0 aliphatic heterocycles. The zero-order valence-electron chi connectivity index (χ0n) is 6.27. The van der Waals surface area contributed by atoms with Crippen LogP contribution in [0.4, 0.5) is 0 Å². The Kier molecular flexibility index (Phi) is 4.49. The van der Waals surface area contributed by atoms with E-state index < -0.39 is 18.2 Å². The minimum absolute atomic E-state index is 0.407. The molecule has 64 valence electrons. The van der Waals surface area contributed by atoms with E-state index in [1.165, 1.54) is 0 Å². The van der Waals surface area contributed by atoms with Crippen LogP contribution in [0.25, 0.3) is 0 Å². The Morgan fingerprint density at radius 1 is 1.36 bits per heavy atom. The molecule has 0 spiro atoms. The fourth-order valence-electron chi connectivity index (χ4n) is 0.661. The summed E-state index contributed by atoms with van der Waals surface area (Å²) >= 11 is 0. The molecule has 0 aromatic rings. The zero-order valence-corrected chi connectivity index (χ0v) is 6.27. The Morgan fingerprint density at radius 2 is 1.64 bits per heavy atom. The van der Waals surface area contributed by atoms with Crippen molar-refractivity contribution in [1.82, 2.24) is 0 Å². The molecule has 1 rings (SSSR count). The van der Waals surface area contributed by atoms with Crippen molar-refractivity contribution in [2.24, 2.45) is 0 Å². The van der Waals surface area contributed by atoms with Gasteiger partial charge in [0.25, 0.3) is 5.97 Å². The summed E-state index contributed by atoms with van der Waals surface area (Å²) in [6.07, 6.45) is 2.86. The van der Waals surface area contributed by atoms with Gasteiger partial charge in [-0.05, 0) is 0 Å². The van der Waals surface area contributed by atoms with Crippen LogP contribution in [0.2, 0.25) is 0 Å². The van der Waals surface area contributed by atoms with Gasteiger partial charge in [0.05, 0.1) is 12.2 Å². The maximum atomic E-state index is 9.00. The molecule has 0 amide bonds. The molecule has 2 atom stereocenters. The molecule has 0 unspecified atom stereocenters. The predicted octanol–water partition coefficient (Wildman–Crippen LogP) is -0.241. The molecule has 0 heterocycles. The van der Waals surface area contributed by atoms with E-state index in [2.05, 4.69) is 0 Å². The fraction of sp³-hybridized carbons (Fsp3) is 0.571. The van der Waals surface area contributed by atoms with Crippen LogP contribution in [0.5, 0.6) is 0 Å². The third-order valence-electron chi connectivity index (χ3n) is 1.04. The largest absolute Gasteiger partial charge is 0.481 e. The molecule has 0 aromatic heterocycles. The number of carbonyl (C=O) groups is 1. The minimum Gasteiger partial charge on any atom is -0.481 e. The molecule has 0 radical (unpaired) electrons. The lowest BCUT2D eigenvalue weighted by Gasteiger charge is -1.96. The molecular weight excluding hydrogens is 148 g/mol. The molecular formula is C7H12O4. The van der Waals surface area contributed by atoms with E-state index in [0.29, 0.717) is 6.42 Å². The number of carboxylic acids is 1. The first-order chi connectivity index (χ1) is 5.02. The van der Waals surface area contributed by atoms with Crippen LogP contribution in [0.15, 0.2) is 12.2 Å². The minimum atomic E-state index is -0.833. The number of carboxylic acid groups (broad SMARTS) is 1. The first-order valence-electron chi connectivity index (χ1n) is 3.26. The van der Waals surface area contributed by atoms with Crippen molar-refractivity contribution in [3.8, 4) is 0 Å². The van der Waals surface area contributed by atoms with Gasteiger partial charge in [0.15, 0.2) is 0 Å². The van der Waals surface area contributed by atoms with Crippen LogP contribution in [-0.4, -0.2) is 33.5 Å². The molecule has 0 saturated carbocycles. The van der Waals surface area contributed by atoms with Gasteiger partial charge in [-0.3, -0.25) is 4.79 Å².